The number of fused-ring (bicyclic) bond motifs is 1. The van der Waals surface area contributed by atoms with Crippen LogP contribution in [0.4, 0.5) is 11.5 Å². The summed E-state index contributed by atoms with van der Waals surface area (Å²) in [5.41, 5.74) is 0.616. The lowest BCUT2D eigenvalue weighted by Gasteiger charge is -2.09. The third-order valence-corrected chi connectivity index (χ3v) is 3.59. The molecule has 1 saturated heterocycles. The zero-order valence-corrected chi connectivity index (χ0v) is 11.8. The molecule has 0 aliphatic carbocycles. The molecular weight excluding hydrogens is 286 g/mol. The molecule has 1 aromatic carbocycles. The smallest absolute Gasteiger partial charge is 0.270 e. The number of hydrogen-bond acceptors (Lipinski definition) is 5. The van der Waals surface area contributed by atoms with Crippen LogP contribution in [0, 0.1) is 10.1 Å². The number of nitro benzene ring substituents is 1. The Morgan fingerprint density at radius 1 is 1.41 bits per heavy atom. The van der Waals surface area contributed by atoms with E-state index in [0.29, 0.717) is 29.7 Å². The van der Waals surface area contributed by atoms with E-state index in [1.807, 2.05) is 0 Å². The highest BCUT2D eigenvalue weighted by molar-refractivity contribution is 5.92. The van der Waals surface area contributed by atoms with Gasteiger partial charge in [-0.3, -0.25) is 14.9 Å². The monoisotopic (exact) mass is 301 g/mol. The van der Waals surface area contributed by atoms with Crippen molar-refractivity contribution in [2.24, 2.45) is 0 Å². The van der Waals surface area contributed by atoms with Crippen LogP contribution in [0.3, 0.4) is 0 Å². The first-order chi connectivity index (χ1) is 10.6. The highest BCUT2D eigenvalue weighted by Gasteiger charge is 2.19. The molecule has 1 fully saturated rings. The zero-order chi connectivity index (χ0) is 15.5. The van der Waals surface area contributed by atoms with Crippen LogP contribution in [0.2, 0.25) is 0 Å². The molecule has 7 nitrogen and oxygen atoms in total. The van der Waals surface area contributed by atoms with E-state index >= 15 is 0 Å². The van der Waals surface area contributed by atoms with Crippen LogP contribution < -0.4 is 5.32 Å². The van der Waals surface area contributed by atoms with Gasteiger partial charge in [0.1, 0.15) is 5.82 Å². The van der Waals surface area contributed by atoms with Crippen LogP contribution in [0.25, 0.3) is 10.9 Å². The average Bonchev–Trinajstić information content (AvgIpc) is 2.99. The van der Waals surface area contributed by atoms with E-state index in [-0.39, 0.29) is 17.7 Å². The minimum Gasteiger partial charge on any atom is -0.378 e. The molecule has 1 unspecified atom stereocenters. The Hall–Kier alpha value is -2.54. The predicted octanol–water partition coefficient (Wildman–Crippen LogP) is 2.65. The molecule has 22 heavy (non-hydrogen) atoms. The van der Waals surface area contributed by atoms with E-state index in [0.717, 1.165) is 12.8 Å². The molecular formula is C15H15N3O4. The van der Waals surface area contributed by atoms with Gasteiger partial charge in [-0.2, -0.15) is 0 Å². The van der Waals surface area contributed by atoms with Crippen LogP contribution in [0.15, 0.2) is 30.3 Å². The van der Waals surface area contributed by atoms with Gasteiger partial charge in [-0.05, 0) is 31.0 Å². The van der Waals surface area contributed by atoms with Gasteiger partial charge >= 0.3 is 0 Å². The molecule has 7 heteroatoms. The highest BCUT2D eigenvalue weighted by atomic mass is 16.6. The molecule has 1 amide bonds. The van der Waals surface area contributed by atoms with E-state index in [4.69, 9.17) is 4.74 Å². The maximum atomic E-state index is 11.9. The number of nitrogens with zero attached hydrogens (tertiary/aromatic N) is 2. The van der Waals surface area contributed by atoms with Crippen molar-refractivity contribution >= 4 is 28.3 Å². The van der Waals surface area contributed by atoms with Crippen molar-refractivity contribution in [1.29, 1.82) is 0 Å². The molecule has 0 bridgehead atoms. The summed E-state index contributed by atoms with van der Waals surface area (Å²) in [7, 11) is 0. The average molecular weight is 301 g/mol. The summed E-state index contributed by atoms with van der Waals surface area (Å²) in [6.45, 7) is 0.713. The zero-order valence-electron chi connectivity index (χ0n) is 11.8. The summed E-state index contributed by atoms with van der Waals surface area (Å²) in [4.78, 5) is 26.5. The van der Waals surface area contributed by atoms with Crippen LogP contribution >= 0.6 is 0 Å². The Morgan fingerprint density at radius 2 is 2.27 bits per heavy atom. The van der Waals surface area contributed by atoms with E-state index in [9.17, 15) is 14.9 Å². The largest absolute Gasteiger partial charge is 0.378 e. The Balaban J connectivity index is 1.72. The predicted molar refractivity (Wildman–Crippen MR) is 80.6 cm³/mol. The number of carbonyl (C=O) groups excluding carboxylic acids is 1. The Morgan fingerprint density at radius 3 is 3.00 bits per heavy atom. The molecule has 2 heterocycles. The lowest BCUT2D eigenvalue weighted by Crippen LogP contribution is -2.19. The number of ether oxygens (including phenoxy) is 1. The summed E-state index contributed by atoms with van der Waals surface area (Å²) >= 11 is 0. The first kappa shape index (κ1) is 14.4. The van der Waals surface area contributed by atoms with Gasteiger partial charge in [0.05, 0.1) is 23.0 Å². The van der Waals surface area contributed by atoms with Crippen molar-refractivity contribution in [3.05, 3.63) is 40.4 Å². The summed E-state index contributed by atoms with van der Waals surface area (Å²) in [5.74, 6) is 0.296. The summed E-state index contributed by atoms with van der Waals surface area (Å²) in [6, 6.07) is 7.77. The van der Waals surface area contributed by atoms with Crippen LogP contribution in [-0.2, 0) is 9.53 Å². The number of nitrogens with one attached hydrogen (secondary N) is 1. The van der Waals surface area contributed by atoms with Crippen LogP contribution in [-0.4, -0.2) is 28.5 Å². The summed E-state index contributed by atoms with van der Waals surface area (Å²) < 4.78 is 5.42. The molecule has 2 aromatic rings. The van der Waals surface area contributed by atoms with Gasteiger partial charge < -0.3 is 10.1 Å². The molecule has 1 aromatic heterocycles. The fraction of sp³-hybridized carbons (Fsp3) is 0.333. The first-order valence-corrected chi connectivity index (χ1v) is 7.08. The van der Waals surface area contributed by atoms with Crippen LogP contribution in [0.5, 0.6) is 0 Å². The Labute approximate surface area is 126 Å². The minimum atomic E-state index is -0.448. The maximum Gasteiger partial charge on any atom is 0.270 e. The number of anilines is 1. The highest BCUT2D eigenvalue weighted by Crippen LogP contribution is 2.21. The van der Waals surface area contributed by atoms with Gasteiger partial charge in [0, 0.05) is 24.1 Å². The van der Waals surface area contributed by atoms with Crippen molar-refractivity contribution in [3.63, 3.8) is 0 Å². The van der Waals surface area contributed by atoms with Gasteiger partial charge in [-0.15, -0.1) is 0 Å². The second-order valence-corrected chi connectivity index (χ2v) is 5.22. The second-order valence-electron chi connectivity index (χ2n) is 5.22. The Kier molecular flexibility index (Phi) is 3.97. The quantitative estimate of drug-likeness (QED) is 0.692. The van der Waals surface area contributed by atoms with Crippen molar-refractivity contribution in [3.8, 4) is 0 Å². The molecule has 1 atom stereocenters. The third kappa shape index (κ3) is 3.20. The Bertz CT molecular complexity index is 726. The number of carbonyl (C=O) groups is 1. The second kappa shape index (κ2) is 6.07. The number of pyridine rings is 1. The van der Waals surface area contributed by atoms with Crippen molar-refractivity contribution < 1.29 is 14.5 Å². The normalized spacial score (nSPS) is 17.5. The first-order valence-electron chi connectivity index (χ1n) is 7.08. The van der Waals surface area contributed by atoms with Gasteiger partial charge in [0.25, 0.3) is 5.69 Å². The minimum absolute atomic E-state index is 0.0110. The maximum absolute atomic E-state index is 11.9. The molecule has 1 N–H and O–H groups in total. The summed E-state index contributed by atoms with van der Waals surface area (Å²) in [6.07, 6.45) is 2.20. The molecule has 0 radical (unpaired) electrons. The van der Waals surface area contributed by atoms with E-state index in [1.165, 1.54) is 12.1 Å². The number of nitro groups is 1. The fourth-order valence-corrected chi connectivity index (χ4v) is 2.50. The van der Waals surface area contributed by atoms with E-state index in [1.54, 1.807) is 18.2 Å². The van der Waals surface area contributed by atoms with Gasteiger partial charge in [0.2, 0.25) is 5.91 Å². The molecule has 0 saturated carbocycles. The van der Waals surface area contributed by atoms with E-state index < -0.39 is 4.92 Å². The SMILES string of the molecule is O=C(CC1CCCO1)Nc1ccc2cc([N+](=O)[O-])ccc2n1. The molecule has 0 spiro atoms. The van der Waals surface area contributed by atoms with Gasteiger partial charge in [-0.1, -0.05) is 0 Å². The molecule has 1 aliphatic heterocycles. The molecule has 3 rings (SSSR count). The van der Waals surface area contributed by atoms with Crippen LogP contribution in [0.1, 0.15) is 19.3 Å². The lowest BCUT2D eigenvalue weighted by molar-refractivity contribution is -0.384. The number of non-ortho nitro benzene ring substituents is 1. The number of aromatic nitrogens is 1. The fourth-order valence-electron chi connectivity index (χ4n) is 2.50. The van der Waals surface area contributed by atoms with Gasteiger partial charge in [0.15, 0.2) is 0 Å². The number of benzene rings is 1. The number of amides is 1. The lowest BCUT2D eigenvalue weighted by atomic mass is 10.1. The standard InChI is InChI=1S/C15H15N3O4/c19-15(9-12-2-1-7-22-12)17-14-6-3-10-8-11(18(20)21)4-5-13(10)16-14/h3-6,8,12H,1-2,7,9H2,(H,16,17,19). The van der Waals surface area contributed by atoms with Crippen molar-refractivity contribution in [2.75, 3.05) is 11.9 Å². The van der Waals surface area contributed by atoms with Crippen molar-refractivity contribution in [1.82, 2.24) is 4.98 Å². The number of hydrogen-bond donors (Lipinski definition) is 1. The molecule has 114 valence electrons. The van der Waals surface area contributed by atoms with Crippen molar-refractivity contribution in [2.45, 2.75) is 25.4 Å². The van der Waals surface area contributed by atoms with Gasteiger partial charge in [-0.25, -0.2) is 4.98 Å². The van der Waals surface area contributed by atoms with E-state index in [2.05, 4.69) is 10.3 Å². The number of rotatable bonds is 4. The topological polar surface area (TPSA) is 94.4 Å². The molecule has 1 aliphatic rings. The summed E-state index contributed by atoms with van der Waals surface area (Å²) in [5, 5.41) is 14.1. The third-order valence-electron chi connectivity index (χ3n) is 3.59.